The molecule has 2 nitrogen and oxygen atoms in total. The van der Waals surface area contributed by atoms with Crippen LogP contribution < -0.4 is 0 Å². The minimum absolute atomic E-state index is 0.173. The van der Waals surface area contributed by atoms with E-state index in [0.717, 1.165) is 0 Å². The van der Waals surface area contributed by atoms with Gasteiger partial charge in [-0.05, 0) is 32.1 Å². The fourth-order valence-electron chi connectivity index (χ4n) is 1.12. The van der Waals surface area contributed by atoms with Crippen molar-refractivity contribution in [3.05, 3.63) is 48.0 Å². The molecule has 2 heteroatoms. The van der Waals surface area contributed by atoms with E-state index in [9.17, 15) is 4.79 Å². The van der Waals surface area contributed by atoms with Crippen LogP contribution in [0.25, 0.3) is 0 Å². The van der Waals surface area contributed by atoms with Crippen LogP contribution in [0.1, 0.15) is 24.2 Å². The van der Waals surface area contributed by atoms with Crippen molar-refractivity contribution in [2.45, 2.75) is 20.0 Å². The third kappa shape index (κ3) is 3.05. The zero-order valence-corrected chi connectivity index (χ0v) is 8.44. The van der Waals surface area contributed by atoms with Crippen LogP contribution in [0.2, 0.25) is 0 Å². The summed E-state index contributed by atoms with van der Waals surface area (Å²) in [5.74, 6) is -0.281. The summed E-state index contributed by atoms with van der Waals surface area (Å²) >= 11 is 0. The number of hydrogen-bond acceptors (Lipinski definition) is 2. The molecule has 0 unspecified atom stereocenters. The summed E-state index contributed by atoms with van der Waals surface area (Å²) in [6, 6.07) is 8.98. The van der Waals surface area contributed by atoms with Crippen LogP contribution in [0, 0.1) is 0 Å². The number of ether oxygens (including phenoxy) is 1. The molecule has 0 fully saturated rings. The molecular formula is C12H14O2. The predicted octanol–water partition coefficient (Wildman–Crippen LogP) is 2.81. The van der Waals surface area contributed by atoms with E-state index >= 15 is 0 Å². The lowest BCUT2D eigenvalue weighted by molar-refractivity contribution is 0.0424. The van der Waals surface area contributed by atoms with Crippen molar-refractivity contribution in [1.29, 1.82) is 0 Å². The van der Waals surface area contributed by atoms with Crippen LogP contribution in [-0.4, -0.2) is 12.1 Å². The second-order valence-electron chi connectivity index (χ2n) is 3.00. The first-order chi connectivity index (χ1) is 6.74. The first kappa shape index (κ1) is 10.5. The number of hydrogen-bond donors (Lipinski definition) is 0. The SMILES string of the molecule is C/C=C/[C@@H](C)OC(=O)c1ccccc1. The van der Waals surface area contributed by atoms with E-state index in [1.54, 1.807) is 12.1 Å². The summed E-state index contributed by atoms with van der Waals surface area (Å²) < 4.78 is 5.15. The van der Waals surface area contributed by atoms with Gasteiger partial charge >= 0.3 is 5.97 Å². The molecule has 74 valence electrons. The molecule has 14 heavy (non-hydrogen) atoms. The molecule has 0 aliphatic carbocycles. The van der Waals surface area contributed by atoms with E-state index in [1.165, 1.54) is 0 Å². The van der Waals surface area contributed by atoms with Gasteiger partial charge in [-0.1, -0.05) is 24.3 Å². The zero-order chi connectivity index (χ0) is 10.4. The average molecular weight is 190 g/mol. The molecule has 0 radical (unpaired) electrons. The minimum Gasteiger partial charge on any atom is -0.455 e. The summed E-state index contributed by atoms with van der Waals surface area (Å²) in [6.07, 6.45) is 3.52. The Hall–Kier alpha value is -1.57. The van der Waals surface area contributed by atoms with E-state index in [2.05, 4.69) is 0 Å². The van der Waals surface area contributed by atoms with Gasteiger partial charge in [0.1, 0.15) is 6.10 Å². The van der Waals surface area contributed by atoms with E-state index in [0.29, 0.717) is 5.56 Å². The highest BCUT2D eigenvalue weighted by Gasteiger charge is 2.08. The number of benzene rings is 1. The molecule has 1 aromatic rings. The standard InChI is InChI=1S/C12H14O2/c1-3-7-10(2)14-12(13)11-8-5-4-6-9-11/h3-10H,1-2H3/b7-3+/t10-/m1/s1. The molecule has 0 amide bonds. The highest BCUT2D eigenvalue weighted by molar-refractivity contribution is 5.89. The maximum atomic E-state index is 11.5. The monoisotopic (exact) mass is 190 g/mol. The van der Waals surface area contributed by atoms with Crippen molar-refractivity contribution in [3.8, 4) is 0 Å². The minimum atomic E-state index is -0.281. The largest absolute Gasteiger partial charge is 0.455 e. The highest BCUT2D eigenvalue weighted by Crippen LogP contribution is 2.04. The number of rotatable bonds is 3. The zero-order valence-electron chi connectivity index (χ0n) is 8.44. The summed E-state index contributed by atoms with van der Waals surface area (Å²) in [4.78, 5) is 11.5. The molecule has 0 heterocycles. The van der Waals surface area contributed by atoms with Crippen LogP contribution in [0.15, 0.2) is 42.5 Å². The first-order valence-electron chi connectivity index (χ1n) is 4.63. The number of carbonyl (C=O) groups excluding carboxylic acids is 1. The Kier molecular flexibility index (Phi) is 3.92. The lowest BCUT2D eigenvalue weighted by Gasteiger charge is -2.08. The van der Waals surface area contributed by atoms with Gasteiger partial charge in [0.25, 0.3) is 0 Å². The normalized spacial score (nSPS) is 12.7. The highest BCUT2D eigenvalue weighted by atomic mass is 16.5. The molecule has 0 N–H and O–H groups in total. The molecule has 1 rings (SSSR count). The van der Waals surface area contributed by atoms with Crippen LogP contribution in [0.5, 0.6) is 0 Å². The Morgan fingerprint density at radius 1 is 1.36 bits per heavy atom. The fourth-order valence-corrected chi connectivity index (χ4v) is 1.12. The Balaban J connectivity index is 2.59. The van der Waals surface area contributed by atoms with Gasteiger partial charge in [-0.3, -0.25) is 0 Å². The molecule has 0 aromatic heterocycles. The maximum absolute atomic E-state index is 11.5. The molecule has 0 aliphatic rings. The van der Waals surface area contributed by atoms with Gasteiger partial charge in [0.2, 0.25) is 0 Å². The van der Waals surface area contributed by atoms with Gasteiger partial charge < -0.3 is 4.74 Å². The summed E-state index contributed by atoms with van der Waals surface area (Å²) in [5.41, 5.74) is 0.587. The van der Waals surface area contributed by atoms with Crippen molar-refractivity contribution in [2.75, 3.05) is 0 Å². The fraction of sp³-hybridized carbons (Fsp3) is 0.250. The Labute approximate surface area is 84.2 Å². The van der Waals surface area contributed by atoms with Gasteiger partial charge in [0.05, 0.1) is 5.56 Å². The molecule has 0 aliphatic heterocycles. The second-order valence-corrected chi connectivity index (χ2v) is 3.00. The summed E-state index contributed by atoms with van der Waals surface area (Å²) in [7, 11) is 0. The Morgan fingerprint density at radius 2 is 2.00 bits per heavy atom. The van der Waals surface area contributed by atoms with E-state index in [4.69, 9.17) is 4.74 Å². The molecule has 0 saturated heterocycles. The molecular weight excluding hydrogens is 176 g/mol. The van der Waals surface area contributed by atoms with Crippen LogP contribution in [0.3, 0.4) is 0 Å². The first-order valence-corrected chi connectivity index (χ1v) is 4.63. The average Bonchev–Trinajstić information content (AvgIpc) is 2.19. The van der Waals surface area contributed by atoms with E-state index < -0.39 is 0 Å². The van der Waals surface area contributed by atoms with Gasteiger partial charge in [-0.25, -0.2) is 4.79 Å². The van der Waals surface area contributed by atoms with Gasteiger partial charge in [0, 0.05) is 0 Å². The van der Waals surface area contributed by atoms with Crippen molar-refractivity contribution in [2.24, 2.45) is 0 Å². The molecule has 0 bridgehead atoms. The number of esters is 1. The smallest absolute Gasteiger partial charge is 0.338 e. The van der Waals surface area contributed by atoms with Crippen molar-refractivity contribution in [3.63, 3.8) is 0 Å². The Bertz CT molecular complexity index is 314. The van der Waals surface area contributed by atoms with Gasteiger partial charge in [-0.2, -0.15) is 0 Å². The number of allylic oxidation sites excluding steroid dienone is 1. The van der Waals surface area contributed by atoms with E-state index in [-0.39, 0.29) is 12.1 Å². The summed E-state index contributed by atoms with van der Waals surface area (Å²) in [5, 5.41) is 0. The molecule has 1 atom stereocenters. The van der Waals surface area contributed by atoms with E-state index in [1.807, 2.05) is 44.2 Å². The lowest BCUT2D eigenvalue weighted by Crippen LogP contribution is -2.12. The molecule has 1 aromatic carbocycles. The van der Waals surface area contributed by atoms with Gasteiger partial charge in [-0.15, -0.1) is 0 Å². The van der Waals surface area contributed by atoms with Crippen LogP contribution in [0.4, 0.5) is 0 Å². The lowest BCUT2D eigenvalue weighted by atomic mass is 10.2. The van der Waals surface area contributed by atoms with Crippen molar-refractivity contribution < 1.29 is 9.53 Å². The third-order valence-electron chi connectivity index (χ3n) is 1.77. The quantitative estimate of drug-likeness (QED) is 0.541. The molecule has 0 spiro atoms. The topological polar surface area (TPSA) is 26.3 Å². The third-order valence-corrected chi connectivity index (χ3v) is 1.77. The number of carbonyl (C=O) groups is 1. The second kappa shape index (κ2) is 5.22. The van der Waals surface area contributed by atoms with Crippen LogP contribution >= 0.6 is 0 Å². The predicted molar refractivity (Wildman–Crippen MR) is 56.1 cm³/mol. The summed E-state index contributed by atoms with van der Waals surface area (Å²) in [6.45, 7) is 3.73. The van der Waals surface area contributed by atoms with Gasteiger partial charge in [0.15, 0.2) is 0 Å². The molecule has 0 saturated carbocycles. The Morgan fingerprint density at radius 3 is 2.57 bits per heavy atom. The van der Waals surface area contributed by atoms with Crippen molar-refractivity contribution >= 4 is 5.97 Å². The maximum Gasteiger partial charge on any atom is 0.338 e. The van der Waals surface area contributed by atoms with Crippen LogP contribution in [-0.2, 0) is 4.74 Å². The van der Waals surface area contributed by atoms with Crippen molar-refractivity contribution in [1.82, 2.24) is 0 Å².